The number of nitrogens with zero attached hydrogens (tertiary/aromatic N) is 4. The molecule has 0 aliphatic rings. The van der Waals surface area contributed by atoms with Crippen molar-refractivity contribution in [2.75, 3.05) is 10.6 Å². The van der Waals surface area contributed by atoms with Crippen LogP contribution < -0.4 is 10.6 Å². The lowest BCUT2D eigenvalue weighted by Crippen LogP contribution is -2.17. The van der Waals surface area contributed by atoms with Crippen molar-refractivity contribution in [2.24, 2.45) is 0 Å². The zero-order valence-corrected chi connectivity index (χ0v) is 20.6. The average Bonchev–Trinajstić information content (AvgIpc) is 3.33. The summed E-state index contributed by atoms with van der Waals surface area (Å²) in [5.41, 5.74) is 3.71. The van der Waals surface area contributed by atoms with Crippen molar-refractivity contribution >= 4 is 28.2 Å². The maximum Gasteiger partial charge on any atom is 0.430 e. The standard InChI is InChI=1S/C28H21F4N7/c1-15-20(21-6-4-5-7-22(21)29)10-11-34-27(15)35-16(2)25-26-24(38-39-25)9-8-23(37-26)18-12-19(14-33-13-18)36-17(3)28(30,31)32/h4-14,36H,2-3H2,1H3,(H,34,35)(H,38,39). The molecule has 196 valence electrons. The fourth-order valence-corrected chi connectivity index (χ4v) is 4.00. The highest BCUT2D eigenvalue weighted by atomic mass is 19.4. The van der Waals surface area contributed by atoms with E-state index in [1.54, 1.807) is 42.6 Å². The summed E-state index contributed by atoms with van der Waals surface area (Å²) in [6, 6.07) is 13.2. The van der Waals surface area contributed by atoms with Gasteiger partial charge >= 0.3 is 6.18 Å². The molecule has 0 aliphatic carbocycles. The predicted molar refractivity (Wildman–Crippen MR) is 143 cm³/mol. The number of nitrogens with one attached hydrogen (secondary N) is 3. The molecule has 0 radical (unpaired) electrons. The Hall–Kier alpha value is -5.06. The Kier molecular flexibility index (Phi) is 6.57. The number of hydrogen-bond donors (Lipinski definition) is 3. The Morgan fingerprint density at radius 1 is 0.974 bits per heavy atom. The van der Waals surface area contributed by atoms with Crippen molar-refractivity contribution in [3.63, 3.8) is 0 Å². The van der Waals surface area contributed by atoms with Crippen LogP contribution >= 0.6 is 0 Å². The number of fused-ring (bicyclic) bond motifs is 1. The number of aromatic amines is 1. The molecule has 0 saturated carbocycles. The van der Waals surface area contributed by atoms with Gasteiger partial charge in [-0.15, -0.1) is 0 Å². The highest BCUT2D eigenvalue weighted by Gasteiger charge is 2.32. The van der Waals surface area contributed by atoms with Gasteiger partial charge in [-0.1, -0.05) is 31.4 Å². The molecule has 4 heterocycles. The Bertz CT molecular complexity index is 1720. The molecular formula is C28H21F4N7. The second-order valence-corrected chi connectivity index (χ2v) is 8.64. The number of halogens is 4. The molecule has 0 fully saturated rings. The van der Waals surface area contributed by atoms with Crippen molar-refractivity contribution in [1.82, 2.24) is 25.1 Å². The number of H-pyrrole nitrogens is 1. The van der Waals surface area contributed by atoms with Crippen LogP contribution in [0.25, 0.3) is 39.1 Å². The van der Waals surface area contributed by atoms with Crippen LogP contribution in [0.4, 0.5) is 29.1 Å². The molecule has 39 heavy (non-hydrogen) atoms. The molecule has 0 bridgehead atoms. The number of aromatic nitrogens is 5. The third-order valence-corrected chi connectivity index (χ3v) is 6.00. The predicted octanol–water partition coefficient (Wildman–Crippen LogP) is 7.10. The van der Waals surface area contributed by atoms with Gasteiger partial charge in [-0.05, 0) is 48.4 Å². The summed E-state index contributed by atoms with van der Waals surface area (Å²) in [5.74, 6) is 0.129. The summed E-state index contributed by atoms with van der Waals surface area (Å²) < 4.78 is 53.1. The van der Waals surface area contributed by atoms with Gasteiger partial charge in [0.25, 0.3) is 0 Å². The van der Waals surface area contributed by atoms with E-state index in [9.17, 15) is 17.6 Å². The van der Waals surface area contributed by atoms with Crippen LogP contribution in [-0.4, -0.2) is 31.3 Å². The largest absolute Gasteiger partial charge is 0.430 e. The van der Waals surface area contributed by atoms with Crippen molar-refractivity contribution in [1.29, 1.82) is 0 Å². The summed E-state index contributed by atoms with van der Waals surface area (Å²) in [5, 5.41) is 12.6. The third-order valence-electron chi connectivity index (χ3n) is 6.00. The van der Waals surface area contributed by atoms with Crippen LogP contribution in [0.15, 0.2) is 86.0 Å². The lowest BCUT2D eigenvalue weighted by Gasteiger charge is -2.14. The van der Waals surface area contributed by atoms with Gasteiger partial charge in [-0.2, -0.15) is 18.3 Å². The van der Waals surface area contributed by atoms with Crippen molar-refractivity contribution in [3.8, 4) is 22.4 Å². The maximum absolute atomic E-state index is 14.4. The molecule has 11 heteroatoms. The van der Waals surface area contributed by atoms with Gasteiger partial charge in [0.2, 0.25) is 0 Å². The molecule has 5 aromatic rings. The van der Waals surface area contributed by atoms with Gasteiger partial charge in [0.1, 0.15) is 28.5 Å². The molecule has 3 N–H and O–H groups in total. The summed E-state index contributed by atoms with van der Waals surface area (Å²) in [6.45, 7) is 8.94. The first-order valence-corrected chi connectivity index (χ1v) is 11.6. The Morgan fingerprint density at radius 2 is 1.77 bits per heavy atom. The number of hydrogen-bond acceptors (Lipinski definition) is 6. The molecule has 0 spiro atoms. The van der Waals surface area contributed by atoms with Crippen LogP contribution in [-0.2, 0) is 0 Å². The minimum Gasteiger partial charge on any atom is -0.351 e. The minimum atomic E-state index is -4.59. The lowest BCUT2D eigenvalue weighted by atomic mass is 10.0. The number of rotatable bonds is 7. The Labute approximate surface area is 220 Å². The summed E-state index contributed by atoms with van der Waals surface area (Å²) in [7, 11) is 0. The van der Waals surface area contributed by atoms with Crippen LogP contribution in [0, 0.1) is 12.7 Å². The highest BCUT2D eigenvalue weighted by Crippen LogP contribution is 2.32. The van der Waals surface area contributed by atoms with Crippen LogP contribution in [0.5, 0.6) is 0 Å². The van der Waals surface area contributed by atoms with E-state index >= 15 is 0 Å². The van der Waals surface area contributed by atoms with Gasteiger partial charge in [0.15, 0.2) is 0 Å². The fourth-order valence-electron chi connectivity index (χ4n) is 4.00. The Morgan fingerprint density at radius 3 is 2.54 bits per heavy atom. The van der Waals surface area contributed by atoms with E-state index in [1.807, 2.05) is 6.92 Å². The number of allylic oxidation sites excluding steroid dienone is 1. The van der Waals surface area contributed by atoms with Crippen LogP contribution in [0.1, 0.15) is 11.3 Å². The zero-order chi connectivity index (χ0) is 27.7. The SMILES string of the molecule is C=C(Nc1nccc(-c2ccccc2F)c1C)c1n[nH]c2ccc(-c3cncc(NC(=C)C(F)(F)F)c3)nc12. The molecule has 0 aliphatic heterocycles. The second-order valence-electron chi connectivity index (χ2n) is 8.64. The first kappa shape index (κ1) is 25.6. The van der Waals surface area contributed by atoms with Gasteiger partial charge < -0.3 is 10.6 Å². The molecule has 0 amide bonds. The molecule has 5 rings (SSSR count). The van der Waals surface area contributed by atoms with Gasteiger partial charge in [-0.3, -0.25) is 10.1 Å². The molecule has 7 nitrogen and oxygen atoms in total. The van der Waals surface area contributed by atoms with E-state index in [-0.39, 0.29) is 11.5 Å². The molecular weight excluding hydrogens is 510 g/mol. The first-order valence-electron chi connectivity index (χ1n) is 11.6. The molecule has 4 aromatic heterocycles. The Balaban J connectivity index is 1.44. The van der Waals surface area contributed by atoms with E-state index < -0.39 is 11.9 Å². The molecule has 0 atom stereocenters. The molecule has 0 saturated heterocycles. The van der Waals surface area contributed by atoms with E-state index in [2.05, 4.69) is 48.9 Å². The van der Waals surface area contributed by atoms with Crippen LogP contribution in [0.2, 0.25) is 0 Å². The number of alkyl halides is 3. The van der Waals surface area contributed by atoms with E-state index in [0.29, 0.717) is 56.2 Å². The van der Waals surface area contributed by atoms with Gasteiger partial charge in [-0.25, -0.2) is 14.4 Å². The highest BCUT2D eigenvalue weighted by molar-refractivity contribution is 5.91. The number of anilines is 2. The van der Waals surface area contributed by atoms with E-state index in [1.165, 1.54) is 24.5 Å². The number of pyridine rings is 3. The topological polar surface area (TPSA) is 91.4 Å². The molecule has 1 aromatic carbocycles. The quantitative estimate of drug-likeness (QED) is 0.194. The third kappa shape index (κ3) is 5.19. The first-order chi connectivity index (χ1) is 18.6. The van der Waals surface area contributed by atoms with Crippen molar-refractivity contribution < 1.29 is 17.6 Å². The average molecular weight is 532 g/mol. The number of benzene rings is 1. The van der Waals surface area contributed by atoms with Crippen LogP contribution in [0.3, 0.4) is 0 Å². The molecule has 0 unspecified atom stereocenters. The van der Waals surface area contributed by atoms with Crippen molar-refractivity contribution in [3.05, 3.63) is 103 Å². The summed E-state index contributed by atoms with van der Waals surface area (Å²) in [4.78, 5) is 13.1. The van der Waals surface area contributed by atoms with Crippen molar-refractivity contribution in [2.45, 2.75) is 13.1 Å². The van der Waals surface area contributed by atoms with Gasteiger partial charge in [0, 0.05) is 23.5 Å². The summed E-state index contributed by atoms with van der Waals surface area (Å²) >= 11 is 0. The second kappa shape index (κ2) is 10.0. The monoisotopic (exact) mass is 531 g/mol. The van der Waals surface area contributed by atoms with E-state index in [4.69, 9.17) is 0 Å². The smallest absolute Gasteiger partial charge is 0.351 e. The van der Waals surface area contributed by atoms with E-state index in [0.717, 1.165) is 0 Å². The maximum atomic E-state index is 14.4. The summed E-state index contributed by atoms with van der Waals surface area (Å²) in [6.07, 6.45) is -0.262. The fraction of sp³-hybridized carbons (Fsp3) is 0.0714. The minimum absolute atomic E-state index is 0.117. The zero-order valence-electron chi connectivity index (χ0n) is 20.6. The lowest BCUT2D eigenvalue weighted by molar-refractivity contribution is -0.0898. The van der Waals surface area contributed by atoms with Gasteiger partial charge in [0.05, 0.1) is 28.8 Å². The normalized spacial score (nSPS) is 11.4.